The molecule has 0 bridgehead atoms. The Balaban J connectivity index is 2.02. The molecule has 2 aromatic rings. The molecule has 1 aliphatic heterocycles. The summed E-state index contributed by atoms with van der Waals surface area (Å²) < 4.78 is 10.4. The van der Waals surface area contributed by atoms with E-state index >= 15 is 0 Å². The number of carboxylic acid groups (broad SMARTS) is 1. The Morgan fingerprint density at radius 2 is 1.69 bits per heavy atom. The van der Waals surface area contributed by atoms with Crippen LogP contribution in [0.2, 0.25) is 0 Å². The molecule has 0 saturated carbocycles. The summed E-state index contributed by atoms with van der Waals surface area (Å²) in [4.78, 5) is 26.2. The number of hydrogen-bond donors (Lipinski definition) is 0. The van der Waals surface area contributed by atoms with Crippen molar-refractivity contribution in [1.29, 1.82) is 0 Å². The van der Waals surface area contributed by atoms with E-state index in [-0.39, 0.29) is 5.75 Å². The van der Waals surface area contributed by atoms with Gasteiger partial charge in [0.15, 0.2) is 0 Å². The summed E-state index contributed by atoms with van der Waals surface area (Å²) in [5, 5.41) is 11.2. The summed E-state index contributed by atoms with van der Waals surface area (Å²) >= 11 is 1.40. The van der Waals surface area contributed by atoms with Gasteiger partial charge in [0.1, 0.15) is 16.9 Å². The van der Waals surface area contributed by atoms with Gasteiger partial charge in [0.05, 0.1) is 26.2 Å². The lowest BCUT2D eigenvalue weighted by molar-refractivity contribution is -0.310. The molecular weight excluding hydrogens is 354 g/mol. The molecular formula is C19H18NO5S-. The third kappa shape index (κ3) is 3.48. The minimum atomic E-state index is -1.26. The highest BCUT2D eigenvalue weighted by Gasteiger charge is 2.39. The highest BCUT2D eigenvalue weighted by molar-refractivity contribution is 7.99. The van der Waals surface area contributed by atoms with Crippen molar-refractivity contribution >= 4 is 23.6 Å². The second-order valence-corrected chi connectivity index (χ2v) is 6.86. The van der Waals surface area contributed by atoms with Crippen LogP contribution in [0.4, 0.5) is 0 Å². The largest absolute Gasteiger partial charge is 0.548 e. The van der Waals surface area contributed by atoms with E-state index in [1.807, 2.05) is 30.3 Å². The Hall–Kier alpha value is -2.67. The first-order chi connectivity index (χ1) is 12.5. The summed E-state index contributed by atoms with van der Waals surface area (Å²) in [7, 11) is 2.98. The van der Waals surface area contributed by atoms with Gasteiger partial charge < -0.3 is 24.3 Å². The second kappa shape index (κ2) is 7.70. The molecule has 0 aliphatic carbocycles. The van der Waals surface area contributed by atoms with Crippen molar-refractivity contribution in [3.05, 3.63) is 59.7 Å². The maximum atomic E-state index is 13.2. The SMILES string of the molecule is COc1cc(OC)cc(C(=O)N2[C@@H](c3ccccc3)SC[C@H]2C(=O)[O-])c1. The molecule has 1 saturated heterocycles. The predicted octanol–water partition coefficient (Wildman–Crippen LogP) is 1.71. The van der Waals surface area contributed by atoms with Crippen LogP contribution in [0.15, 0.2) is 48.5 Å². The van der Waals surface area contributed by atoms with E-state index in [9.17, 15) is 14.7 Å². The van der Waals surface area contributed by atoms with Crippen molar-refractivity contribution in [2.24, 2.45) is 0 Å². The number of methoxy groups -OCH3 is 2. The molecule has 1 heterocycles. The van der Waals surface area contributed by atoms with E-state index in [1.54, 1.807) is 18.2 Å². The maximum absolute atomic E-state index is 13.2. The lowest BCUT2D eigenvalue weighted by Gasteiger charge is -2.30. The highest BCUT2D eigenvalue weighted by atomic mass is 32.2. The molecule has 2 aromatic carbocycles. The molecule has 136 valence electrons. The van der Waals surface area contributed by atoms with Gasteiger partial charge in [-0.15, -0.1) is 11.8 Å². The Labute approximate surface area is 155 Å². The minimum Gasteiger partial charge on any atom is -0.548 e. The normalized spacial score (nSPS) is 19.2. The fraction of sp³-hybridized carbons (Fsp3) is 0.263. The lowest BCUT2D eigenvalue weighted by atomic mass is 10.1. The number of carbonyl (C=O) groups is 2. The number of rotatable bonds is 5. The zero-order chi connectivity index (χ0) is 18.7. The molecule has 0 spiro atoms. The average molecular weight is 372 g/mol. The van der Waals surface area contributed by atoms with E-state index in [1.165, 1.54) is 30.9 Å². The fourth-order valence-electron chi connectivity index (χ4n) is 2.89. The van der Waals surface area contributed by atoms with Crippen LogP contribution in [-0.2, 0) is 4.79 Å². The molecule has 1 amide bonds. The van der Waals surface area contributed by atoms with Gasteiger partial charge in [0, 0.05) is 17.4 Å². The zero-order valence-electron chi connectivity index (χ0n) is 14.4. The standard InChI is InChI=1S/C19H19NO5S/c1-24-14-8-13(9-15(10-14)25-2)17(21)20-16(19(22)23)11-26-18(20)12-6-4-3-5-7-12/h3-10,16,18H,11H2,1-2H3,(H,22,23)/p-1/t16-,18+/m0/s1. The van der Waals surface area contributed by atoms with Crippen LogP contribution in [0.5, 0.6) is 11.5 Å². The van der Waals surface area contributed by atoms with Crippen molar-refractivity contribution in [3.8, 4) is 11.5 Å². The molecule has 6 nitrogen and oxygen atoms in total. The fourth-order valence-corrected chi connectivity index (χ4v) is 4.30. The number of hydrogen-bond acceptors (Lipinski definition) is 6. The van der Waals surface area contributed by atoms with Gasteiger partial charge >= 0.3 is 0 Å². The van der Waals surface area contributed by atoms with Crippen LogP contribution in [0.3, 0.4) is 0 Å². The molecule has 26 heavy (non-hydrogen) atoms. The smallest absolute Gasteiger partial charge is 0.255 e. The van der Waals surface area contributed by atoms with Crippen molar-refractivity contribution in [2.45, 2.75) is 11.4 Å². The third-order valence-corrected chi connectivity index (χ3v) is 5.51. The summed E-state index contributed by atoms with van der Waals surface area (Å²) in [5.74, 6) is -0.481. The van der Waals surface area contributed by atoms with E-state index in [2.05, 4.69) is 0 Å². The first-order valence-corrected chi connectivity index (χ1v) is 9.03. The summed E-state index contributed by atoms with van der Waals surface area (Å²) in [5.41, 5.74) is 1.17. The van der Waals surface area contributed by atoms with Crippen molar-refractivity contribution in [1.82, 2.24) is 4.90 Å². The van der Waals surface area contributed by atoms with Crippen molar-refractivity contribution < 1.29 is 24.2 Å². The van der Waals surface area contributed by atoms with Crippen LogP contribution in [0.25, 0.3) is 0 Å². The molecule has 7 heteroatoms. The second-order valence-electron chi connectivity index (χ2n) is 5.74. The first-order valence-electron chi connectivity index (χ1n) is 7.98. The van der Waals surface area contributed by atoms with Gasteiger partial charge in [-0.3, -0.25) is 4.79 Å². The molecule has 1 aliphatic rings. The zero-order valence-corrected chi connectivity index (χ0v) is 15.2. The lowest BCUT2D eigenvalue weighted by Crippen LogP contribution is -2.49. The van der Waals surface area contributed by atoms with Crippen LogP contribution >= 0.6 is 11.8 Å². The molecule has 0 N–H and O–H groups in total. The number of amides is 1. The van der Waals surface area contributed by atoms with E-state index in [0.29, 0.717) is 17.1 Å². The van der Waals surface area contributed by atoms with Crippen LogP contribution in [-0.4, -0.2) is 42.8 Å². The summed E-state index contributed by atoms with van der Waals surface area (Å²) in [6, 6.07) is 13.1. The molecule has 0 aromatic heterocycles. The number of nitrogens with zero attached hydrogens (tertiary/aromatic N) is 1. The predicted molar refractivity (Wildman–Crippen MR) is 96.2 cm³/mol. The molecule has 0 radical (unpaired) electrons. The maximum Gasteiger partial charge on any atom is 0.255 e. The van der Waals surface area contributed by atoms with E-state index in [4.69, 9.17) is 9.47 Å². The van der Waals surface area contributed by atoms with Crippen molar-refractivity contribution in [3.63, 3.8) is 0 Å². The monoisotopic (exact) mass is 372 g/mol. The quantitative estimate of drug-likeness (QED) is 0.795. The topological polar surface area (TPSA) is 78.9 Å². The number of aliphatic carboxylic acids is 1. The number of carbonyl (C=O) groups excluding carboxylic acids is 2. The van der Waals surface area contributed by atoms with E-state index in [0.717, 1.165) is 5.56 Å². The molecule has 2 atom stereocenters. The van der Waals surface area contributed by atoms with Crippen LogP contribution in [0.1, 0.15) is 21.3 Å². The van der Waals surface area contributed by atoms with E-state index < -0.39 is 23.3 Å². The minimum absolute atomic E-state index is 0.273. The molecule has 3 rings (SSSR count). The highest BCUT2D eigenvalue weighted by Crippen LogP contribution is 2.42. The van der Waals surface area contributed by atoms with Gasteiger partial charge in [-0.05, 0) is 17.7 Å². The van der Waals surface area contributed by atoms with Gasteiger partial charge in [-0.2, -0.15) is 0 Å². The first kappa shape index (κ1) is 18.1. The number of benzene rings is 2. The average Bonchev–Trinajstić information content (AvgIpc) is 3.13. The van der Waals surface area contributed by atoms with Gasteiger partial charge in [-0.1, -0.05) is 30.3 Å². The van der Waals surface area contributed by atoms with Crippen LogP contribution in [0, 0.1) is 0 Å². The van der Waals surface area contributed by atoms with Gasteiger partial charge in [-0.25, -0.2) is 0 Å². The number of ether oxygens (including phenoxy) is 2. The Morgan fingerprint density at radius 1 is 1.08 bits per heavy atom. The van der Waals surface area contributed by atoms with Crippen LogP contribution < -0.4 is 14.6 Å². The summed E-state index contributed by atoms with van der Waals surface area (Å²) in [6.45, 7) is 0. The third-order valence-electron chi connectivity index (χ3n) is 4.19. The molecule has 1 fully saturated rings. The Kier molecular flexibility index (Phi) is 5.37. The van der Waals surface area contributed by atoms with Gasteiger partial charge in [0.25, 0.3) is 5.91 Å². The molecule has 0 unspecified atom stereocenters. The number of carboxylic acids is 1. The van der Waals surface area contributed by atoms with Gasteiger partial charge in [0.2, 0.25) is 0 Å². The van der Waals surface area contributed by atoms with Crippen molar-refractivity contribution in [2.75, 3.05) is 20.0 Å². The number of thioether (sulfide) groups is 1. The Morgan fingerprint density at radius 3 is 2.23 bits per heavy atom. The summed E-state index contributed by atoms with van der Waals surface area (Å²) in [6.07, 6.45) is 0. The Bertz CT molecular complexity index is 789.